The van der Waals surface area contributed by atoms with Gasteiger partial charge in [-0.15, -0.1) is 0 Å². The highest BCUT2D eigenvalue weighted by molar-refractivity contribution is 8.72. The Morgan fingerprint density at radius 1 is 1.43 bits per heavy atom. The average molecular weight is 238 g/mol. The van der Waals surface area contributed by atoms with Crippen molar-refractivity contribution in [2.45, 2.75) is 37.4 Å². The summed E-state index contributed by atoms with van der Waals surface area (Å²) < 4.78 is 22.1. The van der Waals surface area contributed by atoms with Gasteiger partial charge in [-0.25, -0.2) is 8.42 Å². The van der Waals surface area contributed by atoms with Crippen LogP contribution in [0.15, 0.2) is 0 Å². The summed E-state index contributed by atoms with van der Waals surface area (Å²) in [5, 5.41) is 8.58. The maximum Gasteiger partial charge on any atom is 0.303 e. The number of carboxylic acid groups (broad SMARTS) is 1. The van der Waals surface area contributed by atoms with Crippen LogP contribution in [0.2, 0.25) is 0 Å². The first-order valence-corrected chi connectivity index (χ1v) is 7.67. The van der Waals surface area contributed by atoms with Crippen molar-refractivity contribution < 1.29 is 18.3 Å². The van der Waals surface area contributed by atoms with Crippen LogP contribution >= 0.6 is 10.8 Å². The second-order valence-corrected chi connectivity index (χ2v) is 7.89. The summed E-state index contributed by atoms with van der Waals surface area (Å²) in [6.45, 7) is 0. The van der Waals surface area contributed by atoms with Crippen LogP contribution in [-0.2, 0) is 13.7 Å². The monoisotopic (exact) mass is 238 g/mol. The molecule has 1 unspecified atom stereocenters. The SMILES string of the molecule is O=C(O)CCCCC1CCS(=O)(=O)S1. The van der Waals surface area contributed by atoms with E-state index in [0.29, 0.717) is 6.42 Å². The molecule has 1 aliphatic heterocycles. The van der Waals surface area contributed by atoms with Gasteiger partial charge in [-0.3, -0.25) is 4.79 Å². The molecule has 0 aromatic carbocycles. The van der Waals surface area contributed by atoms with E-state index >= 15 is 0 Å². The number of rotatable bonds is 5. The predicted molar refractivity (Wildman–Crippen MR) is 55.9 cm³/mol. The maximum atomic E-state index is 11.1. The van der Waals surface area contributed by atoms with Crippen molar-refractivity contribution in [1.82, 2.24) is 0 Å². The first-order valence-electron chi connectivity index (χ1n) is 4.62. The summed E-state index contributed by atoms with van der Waals surface area (Å²) in [6, 6.07) is 0. The summed E-state index contributed by atoms with van der Waals surface area (Å²) in [4.78, 5) is 10.2. The van der Waals surface area contributed by atoms with Gasteiger partial charge in [0.1, 0.15) is 0 Å². The van der Waals surface area contributed by atoms with Crippen LogP contribution in [0.3, 0.4) is 0 Å². The van der Waals surface area contributed by atoms with Crippen molar-refractivity contribution in [3.63, 3.8) is 0 Å². The predicted octanol–water partition coefficient (Wildman–Crippen LogP) is 1.47. The fraction of sp³-hybridized carbons (Fsp3) is 0.875. The Kier molecular flexibility index (Phi) is 4.25. The van der Waals surface area contributed by atoms with Gasteiger partial charge in [-0.05, 0) is 30.1 Å². The Hall–Kier alpha value is -0.230. The van der Waals surface area contributed by atoms with Crippen LogP contribution in [0.4, 0.5) is 0 Å². The van der Waals surface area contributed by atoms with E-state index in [9.17, 15) is 13.2 Å². The Morgan fingerprint density at radius 2 is 2.14 bits per heavy atom. The lowest BCUT2D eigenvalue weighted by atomic mass is 10.1. The highest BCUT2D eigenvalue weighted by atomic mass is 33.1. The van der Waals surface area contributed by atoms with Gasteiger partial charge in [0.15, 0.2) is 0 Å². The summed E-state index contributed by atoms with van der Waals surface area (Å²) >= 11 is 0. The van der Waals surface area contributed by atoms with Crippen molar-refractivity contribution in [2.75, 3.05) is 5.75 Å². The van der Waals surface area contributed by atoms with Crippen molar-refractivity contribution in [3.8, 4) is 0 Å². The third-order valence-corrected chi connectivity index (χ3v) is 6.11. The smallest absolute Gasteiger partial charge is 0.303 e. The molecule has 1 saturated heterocycles. The quantitative estimate of drug-likeness (QED) is 0.580. The van der Waals surface area contributed by atoms with E-state index in [4.69, 9.17) is 5.11 Å². The number of hydrogen-bond acceptors (Lipinski definition) is 4. The molecule has 1 heterocycles. The maximum absolute atomic E-state index is 11.1. The van der Waals surface area contributed by atoms with Crippen LogP contribution in [0.1, 0.15) is 32.1 Å². The van der Waals surface area contributed by atoms with Crippen molar-refractivity contribution in [3.05, 3.63) is 0 Å². The minimum Gasteiger partial charge on any atom is -0.481 e. The molecule has 0 spiro atoms. The first-order chi connectivity index (χ1) is 6.49. The van der Waals surface area contributed by atoms with E-state index in [1.165, 1.54) is 0 Å². The molecule has 0 saturated carbocycles. The number of carboxylic acids is 1. The van der Waals surface area contributed by atoms with Crippen molar-refractivity contribution >= 4 is 25.6 Å². The molecule has 1 aliphatic rings. The fourth-order valence-electron chi connectivity index (χ4n) is 1.42. The molecule has 1 atom stereocenters. The molecule has 0 aliphatic carbocycles. The lowest BCUT2D eigenvalue weighted by molar-refractivity contribution is -0.137. The Morgan fingerprint density at radius 3 is 2.64 bits per heavy atom. The van der Waals surface area contributed by atoms with E-state index in [0.717, 1.165) is 30.1 Å². The zero-order chi connectivity index (χ0) is 10.6. The van der Waals surface area contributed by atoms with Gasteiger partial charge in [0.05, 0.1) is 5.75 Å². The lowest BCUT2D eigenvalue weighted by Gasteiger charge is -2.04. The minimum absolute atomic E-state index is 0.185. The molecule has 14 heavy (non-hydrogen) atoms. The molecule has 1 N–H and O–H groups in total. The summed E-state index contributed by atoms with van der Waals surface area (Å²) in [5.74, 6) is -0.502. The molecule has 0 amide bonds. The van der Waals surface area contributed by atoms with E-state index in [1.807, 2.05) is 0 Å². The Bertz CT molecular complexity index is 296. The third kappa shape index (κ3) is 4.32. The zero-order valence-electron chi connectivity index (χ0n) is 7.81. The second-order valence-electron chi connectivity index (χ2n) is 3.41. The zero-order valence-corrected chi connectivity index (χ0v) is 9.44. The van der Waals surface area contributed by atoms with Gasteiger partial charge < -0.3 is 5.11 Å². The molecule has 4 nitrogen and oxygen atoms in total. The van der Waals surface area contributed by atoms with E-state index in [1.54, 1.807) is 0 Å². The average Bonchev–Trinajstić information content (AvgIpc) is 2.39. The van der Waals surface area contributed by atoms with Gasteiger partial charge in [-0.2, -0.15) is 0 Å². The van der Waals surface area contributed by atoms with Crippen LogP contribution < -0.4 is 0 Å². The van der Waals surface area contributed by atoms with Gasteiger partial charge in [0.2, 0.25) is 8.87 Å². The van der Waals surface area contributed by atoms with Crippen LogP contribution in [0, 0.1) is 0 Å². The molecule has 0 aromatic rings. The van der Waals surface area contributed by atoms with Crippen molar-refractivity contribution in [1.29, 1.82) is 0 Å². The van der Waals surface area contributed by atoms with Gasteiger partial charge >= 0.3 is 5.97 Å². The molecule has 0 bridgehead atoms. The summed E-state index contributed by atoms with van der Waals surface area (Å²) in [5.41, 5.74) is 0. The molecular formula is C8H14O4S2. The highest BCUT2D eigenvalue weighted by Gasteiger charge is 2.28. The van der Waals surface area contributed by atoms with Gasteiger partial charge in [0, 0.05) is 11.7 Å². The first kappa shape index (κ1) is 11.8. The molecular weight excluding hydrogens is 224 g/mol. The molecule has 6 heteroatoms. The number of hydrogen-bond donors (Lipinski definition) is 1. The largest absolute Gasteiger partial charge is 0.481 e. The van der Waals surface area contributed by atoms with E-state index in [-0.39, 0.29) is 17.4 Å². The lowest BCUT2D eigenvalue weighted by Crippen LogP contribution is -1.99. The van der Waals surface area contributed by atoms with Gasteiger partial charge in [0.25, 0.3) is 0 Å². The summed E-state index contributed by atoms with van der Waals surface area (Å²) in [6.07, 6.45) is 3.17. The summed E-state index contributed by atoms with van der Waals surface area (Å²) in [7, 11) is -1.80. The molecule has 82 valence electrons. The molecule has 0 radical (unpaired) electrons. The Balaban J connectivity index is 2.12. The van der Waals surface area contributed by atoms with Crippen LogP contribution in [0.5, 0.6) is 0 Å². The molecule has 0 aromatic heterocycles. The van der Waals surface area contributed by atoms with E-state index < -0.39 is 14.8 Å². The van der Waals surface area contributed by atoms with Gasteiger partial charge in [-0.1, -0.05) is 6.42 Å². The minimum atomic E-state index is -2.85. The standard InChI is InChI=1S/C8H14O4S2/c9-8(10)4-2-1-3-7-5-6-14(11,12)13-7/h7H,1-6H2,(H,9,10). The van der Waals surface area contributed by atoms with Crippen LogP contribution in [-0.4, -0.2) is 30.5 Å². The van der Waals surface area contributed by atoms with Crippen LogP contribution in [0.25, 0.3) is 0 Å². The second kappa shape index (κ2) is 5.02. The number of unbranched alkanes of at least 4 members (excludes halogenated alkanes) is 1. The highest BCUT2D eigenvalue weighted by Crippen LogP contribution is 2.34. The van der Waals surface area contributed by atoms with Crippen molar-refractivity contribution in [2.24, 2.45) is 0 Å². The fourth-order valence-corrected chi connectivity index (χ4v) is 5.53. The molecule has 1 rings (SSSR count). The third-order valence-electron chi connectivity index (χ3n) is 2.14. The number of aliphatic carboxylic acids is 1. The Labute approximate surface area is 87.4 Å². The number of carbonyl (C=O) groups is 1. The molecule has 1 fully saturated rings. The normalized spacial score (nSPS) is 25.0. The van der Waals surface area contributed by atoms with E-state index in [2.05, 4.69) is 0 Å². The topological polar surface area (TPSA) is 71.4 Å².